The second-order valence-electron chi connectivity index (χ2n) is 2.87. The Morgan fingerprint density at radius 1 is 1.67 bits per heavy atom. The van der Waals surface area contributed by atoms with E-state index in [2.05, 4.69) is 6.92 Å². The molecule has 1 saturated heterocycles. The molecule has 0 saturated carbocycles. The molecule has 0 spiro atoms. The van der Waals surface area contributed by atoms with Gasteiger partial charge in [-0.3, -0.25) is 5.84 Å². The molecule has 54 valence electrons. The molecule has 1 heterocycles. The van der Waals surface area contributed by atoms with Crippen molar-refractivity contribution in [3.05, 3.63) is 0 Å². The third kappa shape index (κ3) is 1.41. The Morgan fingerprint density at radius 3 is 2.56 bits per heavy atom. The van der Waals surface area contributed by atoms with Crippen molar-refractivity contribution in [1.29, 1.82) is 0 Å². The molecule has 1 rings (SSSR count). The average molecular weight is 130 g/mol. The van der Waals surface area contributed by atoms with E-state index in [0.29, 0.717) is 11.8 Å². The fourth-order valence-electron chi connectivity index (χ4n) is 1.31. The van der Waals surface area contributed by atoms with E-state index in [1.807, 2.05) is 0 Å². The lowest BCUT2D eigenvalue weighted by atomic mass is 10.00. The normalized spacial score (nSPS) is 37.7. The van der Waals surface area contributed by atoms with Crippen molar-refractivity contribution in [1.82, 2.24) is 5.01 Å². The minimum absolute atomic E-state index is 0.273. The number of hydrogen-bond donors (Lipinski definition) is 2. The molecule has 0 bridgehead atoms. The number of rotatable bonds is 1. The van der Waals surface area contributed by atoms with Gasteiger partial charge in [0.2, 0.25) is 0 Å². The van der Waals surface area contributed by atoms with E-state index in [4.69, 9.17) is 10.9 Å². The minimum atomic E-state index is 0.273. The fraction of sp³-hybridized carbons (Fsp3) is 1.00. The Balaban J connectivity index is 2.38. The highest BCUT2D eigenvalue weighted by molar-refractivity contribution is 4.77. The van der Waals surface area contributed by atoms with Crippen LogP contribution < -0.4 is 5.84 Å². The molecule has 0 aromatic heterocycles. The van der Waals surface area contributed by atoms with Crippen molar-refractivity contribution in [2.75, 3.05) is 19.7 Å². The minimum Gasteiger partial charge on any atom is -0.396 e. The number of aliphatic hydroxyl groups excluding tert-OH is 1. The maximum Gasteiger partial charge on any atom is 0.0475 e. The van der Waals surface area contributed by atoms with Gasteiger partial charge in [-0.2, -0.15) is 0 Å². The predicted molar refractivity (Wildman–Crippen MR) is 35.5 cm³/mol. The van der Waals surface area contributed by atoms with Crippen LogP contribution in [0.1, 0.15) is 6.92 Å². The highest BCUT2D eigenvalue weighted by Crippen LogP contribution is 2.18. The van der Waals surface area contributed by atoms with Crippen LogP contribution in [0.25, 0.3) is 0 Å². The van der Waals surface area contributed by atoms with Crippen LogP contribution >= 0.6 is 0 Å². The summed E-state index contributed by atoms with van der Waals surface area (Å²) in [6, 6.07) is 0. The zero-order valence-electron chi connectivity index (χ0n) is 5.75. The van der Waals surface area contributed by atoms with Crippen LogP contribution in [0.4, 0.5) is 0 Å². The third-order valence-corrected chi connectivity index (χ3v) is 2.03. The zero-order chi connectivity index (χ0) is 6.85. The smallest absolute Gasteiger partial charge is 0.0475 e. The quantitative estimate of drug-likeness (QED) is 0.467. The maximum absolute atomic E-state index is 8.77. The first kappa shape index (κ1) is 6.99. The second-order valence-corrected chi connectivity index (χ2v) is 2.87. The summed E-state index contributed by atoms with van der Waals surface area (Å²) in [5.74, 6) is 6.47. The molecule has 3 nitrogen and oxygen atoms in total. The third-order valence-electron chi connectivity index (χ3n) is 2.03. The van der Waals surface area contributed by atoms with E-state index in [1.54, 1.807) is 5.01 Å². The van der Waals surface area contributed by atoms with Crippen LogP contribution in [0.3, 0.4) is 0 Å². The van der Waals surface area contributed by atoms with Crippen LogP contribution in [0.15, 0.2) is 0 Å². The Morgan fingerprint density at radius 2 is 2.33 bits per heavy atom. The highest BCUT2D eigenvalue weighted by Gasteiger charge is 2.26. The molecule has 1 fully saturated rings. The molecule has 0 radical (unpaired) electrons. The van der Waals surface area contributed by atoms with Gasteiger partial charge in [0.25, 0.3) is 0 Å². The monoisotopic (exact) mass is 130 g/mol. The molecule has 1 aliphatic rings. The summed E-state index contributed by atoms with van der Waals surface area (Å²) >= 11 is 0. The van der Waals surface area contributed by atoms with Crippen molar-refractivity contribution in [3.8, 4) is 0 Å². The summed E-state index contributed by atoms with van der Waals surface area (Å²) < 4.78 is 0. The molecular weight excluding hydrogens is 116 g/mol. The molecule has 3 heteroatoms. The van der Waals surface area contributed by atoms with Gasteiger partial charge < -0.3 is 5.11 Å². The van der Waals surface area contributed by atoms with Gasteiger partial charge in [-0.15, -0.1) is 0 Å². The highest BCUT2D eigenvalue weighted by atomic mass is 16.3. The standard InChI is InChI=1S/C6H14N2O/c1-5-2-8(7)3-6(5)4-9/h5-6,9H,2-4,7H2,1H3. The van der Waals surface area contributed by atoms with Crippen molar-refractivity contribution in [3.63, 3.8) is 0 Å². The lowest BCUT2D eigenvalue weighted by molar-refractivity contribution is 0.205. The Labute approximate surface area is 55.4 Å². The Hall–Kier alpha value is -0.120. The van der Waals surface area contributed by atoms with E-state index in [9.17, 15) is 0 Å². The van der Waals surface area contributed by atoms with Crippen LogP contribution in [0, 0.1) is 11.8 Å². The van der Waals surface area contributed by atoms with Crippen LogP contribution in [-0.2, 0) is 0 Å². The maximum atomic E-state index is 8.77. The molecule has 0 amide bonds. The van der Waals surface area contributed by atoms with Crippen molar-refractivity contribution in [2.24, 2.45) is 17.7 Å². The average Bonchev–Trinajstić information content (AvgIpc) is 2.10. The van der Waals surface area contributed by atoms with E-state index in [1.165, 1.54) is 0 Å². The fourth-order valence-corrected chi connectivity index (χ4v) is 1.31. The van der Waals surface area contributed by atoms with Gasteiger partial charge in [-0.25, -0.2) is 5.01 Å². The van der Waals surface area contributed by atoms with Gasteiger partial charge in [-0.1, -0.05) is 6.92 Å². The van der Waals surface area contributed by atoms with E-state index in [-0.39, 0.29) is 6.61 Å². The molecule has 0 aromatic carbocycles. The van der Waals surface area contributed by atoms with E-state index >= 15 is 0 Å². The van der Waals surface area contributed by atoms with Crippen molar-refractivity contribution < 1.29 is 5.11 Å². The largest absolute Gasteiger partial charge is 0.396 e. The number of aliphatic hydroxyl groups is 1. The number of hydrazine groups is 1. The Kier molecular flexibility index (Phi) is 2.05. The van der Waals surface area contributed by atoms with Crippen LogP contribution in [0.2, 0.25) is 0 Å². The van der Waals surface area contributed by atoms with Gasteiger partial charge in [0, 0.05) is 19.7 Å². The first-order valence-corrected chi connectivity index (χ1v) is 3.34. The van der Waals surface area contributed by atoms with Gasteiger partial charge in [0.1, 0.15) is 0 Å². The van der Waals surface area contributed by atoms with Gasteiger partial charge >= 0.3 is 0 Å². The molecular formula is C6H14N2O. The number of nitrogens with two attached hydrogens (primary N) is 1. The Bertz CT molecular complexity index is 97.1. The molecule has 1 aliphatic heterocycles. The lowest BCUT2D eigenvalue weighted by Crippen LogP contribution is -2.28. The summed E-state index contributed by atoms with van der Waals surface area (Å²) in [5, 5.41) is 10.5. The topological polar surface area (TPSA) is 49.5 Å². The van der Waals surface area contributed by atoms with E-state index < -0.39 is 0 Å². The summed E-state index contributed by atoms with van der Waals surface area (Å²) in [4.78, 5) is 0. The predicted octanol–water partition coefficient (Wildman–Crippen LogP) is -0.580. The molecule has 3 N–H and O–H groups in total. The molecule has 9 heavy (non-hydrogen) atoms. The lowest BCUT2D eigenvalue weighted by Gasteiger charge is -2.07. The molecule has 2 atom stereocenters. The van der Waals surface area contributed by atoms with E-state index in [0.717, 1.165) is 13.1 Å². The van der Waals surface area contributed by atoms with Crippen molar-refractivity contribution >= 4 is 0 Å². The first-order valence-electron chi connectivity index (χ1n) is 3.34. The summed E-state index contributed by atoms with van der Waals surface area (Å²) in [6.07, 6.45) is 0. The summed E-state index contributed by atoms with van der Waals surface area (Å²) in [5.41, 5.74) is 0. The zero-order valence-corrected chi connectivity index (χ0v) is 5.75. The van der Waals surface area contributed by atoms with Gasteiger partial charge in [0.05, 0.1) is 0 Å². The molecule has 0 aliphatic carbocycles. The summed E-state index contributed by atoms with van der Waals surface area (Å²) in [6.45, 7) is 4.16. The molecule has 0 aromatic rings. The number of nitrogens with zero attached hydrogens (tertiary/aromatic N) is 1. The van der Waals surface area contributed by atoms with Crippen LogP contribution in [-0.4, -0.2) is 29.8 Å². The summed E-state index contributed by atoms with van der Waals surface area (Å²) in [7, 11) is 0. The first-order chi connectivity index (χ1) is 4.24. The number of hydrogen-bond acceptors (Lipinski definition) is 3. The second kappa shape index (κ2) is 2.64. The van der Waals surface area contributed by atoms with Gasteiger partial charge in [0.15, 0.2) is 0 Å². The van der Waals surface area contributed by atoms with Crippen molar-refractivity contribution in [2.45, 2.75) is 6.92 Å². The van der Waals surface area contributed by atoms with Crippen LogP contribution in [0.5, 0.6) is 0 Å². The molecule has 2 unspecified atom stereocenters. The van der Waals surface area contributed by atoms with Gasteiger partial charge in [-0.05, 0) is 11.8 Å². The SMILES string of the molecule is CC1CN(N)CC1CO.